The van der Waals surface area contributed by atoms with Crippen LogP contribution < -0.4 is 4.74 Å². The zero-order valence-electron chi connectivity index (χ0n) is 6.34. The normalized spacial score (nSPS) is 11.0. The molecule has 0 spiro atoms. The molecular formula is C8H5F3O2. The highest BCUT2D eigenvalue weighted by molar-refractivity contribution is 5.45. The molecule has 0 aliphatic heterocycles. The highest BCUT2D eigenvalue weighted by atomic mass is 19.4. The van der Waals surface area contributed by atoms with Crippen LogP contribution in [0.1, 0.15) is 5.56 Å². The van der Waals surface area contributed by atoms with Crippen LogP contribution in [0.15, 0.2) is 24.3 Å². The molecule has 0 aromatic heterocycles. The zero-order chi connectivity index (χ0) is 9.90. The number of carbonyl (C=O) groups excluding carboxylic acids is 1. The van der Waals surface area contributed by atoms with Crippen molar-refractivity contribution in [1.29, 1.82) is 0 Å². The Labute approximate surface area is 71.9 Å². The zero-order valence-corrected chi connectivity index (χ0v) is 6.34. The van der Waals surface area contributed by atoms with E-state index in [1.54, 1.807) is 0 Å². The first-order chi connectivity index (χ1) is 6.04. The fourth-order valence-corrected chi connectivity index (χ4v) is 0.778. The highest BCUT2D eigenvalue weighted by Gasteiger charge is 2.29. The average Bonchev–Trinajstić information content (AvgIpc) is 2.04. The van der Waals surface area contributed by atoms with Gasteiger partial charge >= 0.3 is 6.18 Å². The number of hydrogen-bond donors (Lipinski definition) is 0. The summed E-state index contributed by atoms with van der Waals surface area (Å²) in [6, 6.07) is 3.85. The highest BCUT2D eigenvalue weighted by Crippen LogP contribution is 2.30. The number of rotatable bonds is 2. The van der Waals surface area contributed by atoms with E-state index >= 15 is 0 Å². The number of hydrogen-bond acceptors (Lipinski definition) is 2. The molecule has 0 aliphatic rings. The van der Waals surface area contributed by atoms with E-state index < -0.39 is 11.7 Å². The summed E-state index contributed by atoms with van der Waals surface area (Å²) < 4.78 is 40.3. The topological polar surface area (TPSA) is 26.3 Å². The van der Waals surface area contributed by atoms with Gasteiger partial charge in [0.2, 0.25) is 0 Å². The monoisotopic (exact) mass is 190 g/mol. The van der Waals surface area contributed by atoms with Crippen LogP contribution in [-0.2, 0) is 11.0 Å². The van der Waals surface area contributed by atoms with Gasteiger partial charge in [-0.05, 0) is 24.3 Å². The number of benzene rings is 1. The Balaban J connectivity index is 2.87. The standard InChI is InChI=1S/C8H5F3O2/c9-8(10,11)6-1-3-7(4-2-6)13-5-12/h1-5H. The van der Waals surface area contributed by atoms with Gasteiger partial charge in [-0.2, -0.15) is 13.2 Å². The molecule has 1 aromatic rings. The van der Waals surface area contributed by atoms with Crippen molar-refractivity contribution in [2.45, 2.75) is 6.18 Å². The molecular weight excluding hydrogens is 185 g/mol. The molecule has 0 aliphatic carbocycles. The molecule has 0 bridgehead atoms. The Kier molecular flexibility index (Phi) is 2.55. The second-order valence-corrected chi connectivity index (χ2v) is 2.24. The fourth-order valence-electron chi connectivity index (χ4n) is 0.778. The van der Waals surface area contributed by atoms with E-state index in [0.29, 0.717) is 0 Å². The van der Waals surface area contributed by atoms with Crippen molar-refractivity contribution >= 4 is 6.47 Å². The van der Waals surface area contributed by atoms with Gasteiger partial charge in [-0.1, -0.05) is 0 Å². The first-order valence-electron chi connectivity index (χ1n) is 3.31. The maximum absolute atomic E-state index is 12.0. The molecule has 0 saturated carbocycles. The average molecular weight is 190 g/mol. The van der Waals surface area contributed by atoms with Gasteiger partial charge in [0.1, 0.15) is 5.75 Å². The maximum atomic E-state index is 12.0. The van der Waals surface area contributed by atoms with E-state index in [1.807, 2.05) is 0 Å². The van der Waals surface area contributed by atoms with Crippen molar-refractivity contribution in [3.05, 3.63) is 29.8 Å². The first kappa shape index (κ1) is 9.57. The van der Waals surface area contributed by atoms with Crippen LogP contribution in [0.3, 0.4) is 0 Å². The lowest BCUT2D eigenvalue weighted by Crippen LogP contribution is -2.04. The number of halogens is 3. The number of alkyl halides is 3. The lowest BCUT2D eigenvalue weighted by molar-refractivity contribution is -0.137. The van der Waals surface area contributed by atoms with Gasteiger partial charge in [-0.25, -0.2) is 0 Å². The van der Waals surface area contributed by atoms with E-state index in [9.17, 15) is 18.0 Å². The summed E-state index contributed by atoms with van der Waals surface area (Å²) >= 11 is 0. The van der Waals surface area contributed by atoms with Gasteiger partial charge in [-0.15, -0.1) is 0 Å². The minimum Gasteiger partial charge on any atom is -0.429 e. The van der Waals surface area contributed by atoms with Gasteiger partial charge in [0, 0.05) is 0 Å². The Morgan fingerprint density at radius 3 is 2.08 bits per heavy atom. The molecule has 2 nitrogen and oxygen atoms in total. The quantitative estimate of drug-likeness (QED) is 0.668. The van der Waals surface area contributed by atoms with Crippen molar-refractivity contribution in [1.82, 2.24) is 0 Å². The van der Waals surface area contributed by atoms with Crippen molar-refractivity contribution in [3.8, 4) is 5.75 Å². The SMILES string of the molecule is O=COc1ccc(C(F)(F)F)cc1. The molecule has 0 amide bonds. The summed E-state index contributed by atoms with van der Waals surface area (Å²) in [6.45, 7) is 0.155. The Morgan fingerprint density at radius 1 is 1.15 bits per heavy atom. The van der Waals surface area contributed by atoms with E-state index in [2.05, 4.69) is 4.74 Å². The molecule has 13 heavy (non-hydrogen) atoms. The molecule has 0 heterocycles. The van der Waals surface area contributed by atoms with Gasteiger partial charge in [0.05, 0.1) is 5.56 Å². The smallest absolute Gasteiger partial charge is 0.416 e. The lowest BCUT2D eigenvalue weighted by Gasteiger charge is -2.05. The van der Waals surface area contributed by atoms with Gasteiger partial charge in [0.15, 0.2) is 0 Å². The lowest BCUT2D eigenvalue weighted by atomic mass is 10.2. The second-order valence-electron chi connectivity index (χ2n) is 2.24. The molecule has 70 valence electrons. The fraction of sp³-hybridized carbons (Fsp3) is 0.125. The summed E-state index contributed by atoms with van der Waals surface area (Å²) in [4.78, 5) is 9.81. The molecule has 0 saturated heterocycles. The molecule has 0 unspecified atom stereocenters. The largest absolute Gasteiger partial charge is 0.429 e. The summed E-state index contributed by atoms with van der Waals surface area (Å²) in [5.74, 6) is 0.0861. The van der Waals surface area contributed by atoms with Crippen LogP contribution in [0.5, 0.6) is 5.75 Å². The Hall–Kier alpha value is -1.52. The van der Waals surface area contributed by atoms with Gasteiger partial charge < -0.3 is 4.74 Å². The van der Waals surface area contributed by atoms with Crippen molar-refractivity contribution in [2.75, 3.05) is 0 Å². The van der Waals surface area contributed by atoms with Crippen molar-refractivity contribution < 1.29 is 22.7 Å². The third kappa shape index (κ3) is 2.47. The molecule has 1 aromatic carbocycles. The van der Waals surface area contributed by atoms with Crippen LogP contribution in [0, 0.1) is 0 Å². The Morgan fingerprint density at radius 2 is 1.69 bits per heavy atom. The molecule has 1 rings (SSSR count). The van der Waals surface area contributed by atoms with Crippen LogP contribution in [0.4, 0.5) is 13.2 Å². The molecule has 0 fully saturated rings. The predicted octanol–water partition coefficient (Wildman–Crippen LogP) is 2.24. The minimum atomic E-state index is -4.36. The van der Waals surface area contributed by atoms with E-state index in [4.69, 9.17) is 0 Å². The summed E-state index contributed by atoms with van der Waals surface area (Å²) in [5.41, 5.74) is -0.772. The van der Waals surface area contributed by atoms with Gasteiger partial charge in [-0.3, -0.25) is 4.79 Å². The van der Waals surface area contributed by atoms with E-state index in [-0.39, 0.29) is 12.2 Å². The van der Waals surface area contributed by atoms with Crippen LogP contribution >= 0.6 is 0 Å². The molecule has 0 radical (unpaired) electrons. The third-order valence-electron chi connectivity index (χ3n) is 1.37. The van der Waals surface area contributed by atoms with Crippen LogP contribution in [-0.4, -0.2) is 6.47 Å². The van der Waals surface area contributed by atoms with Crippen LogP contribution in [0.25, 0.3) is 0 Å². The maximum Gasteiger partial charge on any atom is 0.416 e. The second kappa shape index (κ2) is 3.47. The minimum absolute atomic E-state index is 0.0861. The molecule has 5 heteroatoms. The predicted molar refractivity (Wildman–Crippen MR) is 38.1 cm³/mol. The number of carbonyl (C=O) groups is 1. The van der Waals surface area contributed by atoms with E-state index in [0.717, 1.165) is 24.3 Å². The van der Waals surface area contributed by atoms with Crippen molar-refractivity contribution in [2.24, 2.45) is 0 Å². The third-order valence-corrected chi connectivity index (χ3v) is 1.37. The van der Waals surface area contributed by atoms with E-state index in [1.165, 1.54) is 0 Å². The van der Waals surface area contributed by atoms with Crippen LogP contribution in [0.2, 0.25) is 0 Å². The van der Waals surface area contributed by atoms with Crippen molar-refractivity contribution in [3.63, 3.8) is 0 Å². The molecule has 0 atom stereocenters. The first-order valence-corrected chi connectivity index (χ1v) is 3.31. The summed E-state index contributed by atoms with van der Waals surface area (Å²) in [7, 11) is 0. The summed E-state index contributed by atoms with van der Waals surface area (Å²) in [6.07, 6.45) is -4.36. The summed E-state index contributed by atoms with van der Waals surface area (Å²) in [5, 5.41) is 0. The molecule has 0 N–H and O–H groups in total. The Bertz CT molecular complexity index is 289. The van der Waals surface area contributed by atoms with Gasteiger partial charge in [0.25, 0.3) is 6.47 Å². The number of ether oxygens (including phenoxy) is 1.